The van der Waals surface area contributed by atoms with Crippen molar-refractivity contribution in [1.29, 1.82) is 0 Å². The van der Waals surface area contributed by atoms with Crippen LogP contribution < -0.4 is 0 Å². The molecule has 1 aliphatic heterocycles. The maximum Gasteiger partial charge on any atom is 0.228 e. The third-order valence-corrected chi connectivity index (χ3v) is 3.84. The Balaban J connectivity index is 1.97. The van der Waals surface area contributed by atoms with Crippen LogP contribution in [0.4, 0.5) is 5.69 Å². The second-order valence-corrected chi connectivity index (χ2v) is 5.07. The summed E-state index contributed by atoms with van der Waals surface area (Å²) in [6, 6.07) is 19.3. The van der Waals surface area contributed by atoms with Crippen LogP contribution >= 0.6 is 0 Å². The van der Waals surface area contributed by atoms with Crippen LogP contribution in [0.5, 0.6) is 0 Å². The lowest BCUT2D eigenvalue weighted by molar-refractivity contribution is -0.472. The SMILES string of the molecule is Cc1cc2cccc3c2n1C[N+](c1ccccc1)=C3. The number of aryl methyl sites for hydroxylation is 1. The molecule has 2 nitrogen and oxygen atoms in total. The third kappa shape index (κ3) is 1.53. The quantitative estimate of drug-likeness (QED) is 0.580. The van der Waals surface area contributed by atoms with Crippen molar-refractivity contribution in [3.8, 4) is 0 Å². The molecule has 0 fully saturated rings. The van der Waals surface area contributed by atoms with Gasteiger partial charge in [-0.15, -0.1) is 0 Å². The van der Waals surface area contributed by atoms with Crippen LogP contribution in [0.3, 0.4) is 0 Å². The van der Waals surface area contributed by atoms with Gasteiger partial charge in [-0.25, -0.2) is 0 Å². The van der Waals surface area contributed by atoms with Crippen LogP contribution in [0.2, 0.25) is 0 Å². The van der Waals surface area contributed by atoms with Crippen molar-refractivity contribution in [3.05, 3.63) is 65.9 Å². The lowest BCUT2D eigenvalue weighted by atomic mass is 10.1. The molecule has 0 radical (unpaired) electrons. The van der Waals surface area contributed by atoms with Gasteiger partial charge in [0, 0.05) is 23.2 Å². The normalized spacial score (nSPS) is 13.6. The Labute approximate surface area is 112 Å². The Morgan fingerprint density at radius 3 is 2.68 bits per heavy atom. The van der Waals surface area contributed by atoms with Gasteiger partial charge in [0.1, 0.15) is 0 Å². The summed E-state index contributed by atoms with van der Waals surface area (Å²) in [7, 11) is 0. The highest BCUT2D eigenvalue weighted by atomic mass is 15.2. The predicted octanol–water partition coefficient (Wildman–Crippen LogP) is 3.68. The third-order valence-electron chi connectivity index (χ3n) is 3.84. The van der Waals surface area contributed by atoms with Crippen LogP contribution in [0.1, 0.15) is 11.3 Å². The maximum absolute atomic E-state index is 2.39. The highest BCUT2D eigenvalue weighted by Crippen LogP contribution is 2.26. The van der Waals surface area contributed by atoms with Crippen LogP contribution in [-0.4, -0.2) is 15.4 Å². The Hall–Kier alpha value is -2.35. The molecule has 0 bridgehead atoms. The van der Waals surface area contributed by atoms with Crippen molar-refractivity contribution in [1.82, 2.24) is 4.57 Å². The van der Waals surface area contributed by atoms with Gasteiger partial charge >= 0.3 is 0 Å². The summed E-state index contributed by atoms with van der Waals surface area (Å²) in [6.45, 7) is 3.06. The largest absolute Gasteiger partial charge is 0.288 e. The lowest BCUT2D eigenvalue weighted by Crippen LogP contribution is -2.19. The van der Waals surface area contributed by atoms with Crippen LogP contribution in [0, 0.1) is 6.92 Å². The lowest BCUT2D eigenvalue weighted by Gasteiger charge is -2.13. The average molecular weight is 247 g/mol. The highest BCUT2D eigenvalue weighted by Gasteiger charge is 2.21. The highest BCUT2D eigenvalue weighted by molar-refractivity contribution is 5.98. The monoisotopic (exact) mass is 247 g/mol. The minimum absolute atomic E-state index is 0.885. The molecule has 2 heterocycles. The smallest absolute Gasteiger partial charge is 0.228 e. The number of para-hydroxylation sites is 2. The van der Waals surface area contributed by atoms with Gasteiger partial charge in [0.2, 0.25) is 12.4 Å². The summed E-state index contributed by atoms with van der Waals surface area (Å²) >= 11 is 0. The first-order valence-corrected chi connectivity index (χ1v) is 6.58. The molecule has 0 saturated heterocycles. The fourth-order valence-corrected chi connectivity index (χ4v) is 2.91. The second-order valence-electron chi connectivity index (χ2n) is 5.07. The number of rotatable bonds is 1. The van der Waals surface area contributed by atoms with E-state index in [9.17, 15) is 0 Å². The molecule has 0 spiro atoms. The van der Waals surface area contributed by atoms with Crippen LogP contribution in [-0.2, 0) is 6.67 Å². The molecule has 4 rings (SSSR count). The van der Waals surface area contributed by atoms with Gasteiger partial charge in [-0.3, -0.25) is 4.57 Å². The number of hydrogen-bond donors (Lipinski definition) is 0. The Bertz CT molecular complexity index is 795. The standard InChI is InChI=1S/C17H15N2/c1-13-10-14-6-5-7-15-11-18(12-19(13)17(14)15)16-8-3-2-4-9-16/h2-11H,12H2,1H3/q+1. The molecular weight excluding hydrogens is 232 g/mol. The number of aromatic nitrogens is 1. The second kappa shape index (κ2) is 3.82. The molecule has 3 aromatic rings. The summed E-state index contributed by atoms with van der Waals surface area (Å²) in [5.41, 5.74) is 5.20. The van der Waals surface area contributed by atoms with E-state index in [4.69, 9.17) is 0 Å². The molecule has 1 aliphatic rings. The average Bonchev–Trinajstić information content (AvgIpc) is 2.78. The summed E-state index contributed by atoms with van der Waals surface area (Å²) in [6.07, 6.45) is 2.25. The topological polar surface area (TPSA) is 7.94 Å². The van der Waals surface area contributed by atoms with Crippen molar-refractivity contribution in [3.63, 3.8) is 0 Å². The Kier molecular flexibility index (Phi) is 2.12. The fourth-order valence-electron chi connectivity index (χ4n) is 2.91. The molecular formula is C17H15N2+. The van der Waals surface area contributed by atoms with E-state index < -0.39 is 0 Å². The number of hydrogen-bond acceptors (Lipinski definition) is 0. The minimum atomic E-state index is 0.885. The zero-order valence-corrected chi connectivity index (χ0v) is 10.9. The first-order valence-electron chi connectivity index (χ1n) is 6.58. The molecule has 2 heteroatoms. The van der Waals surface area contributed by atoms with E-state index in [1.54, 1.807) is 0 Å². The predicted molar refractivity (Wildman–Crippen MR) is 78.2 cm³/mol. The van der Waals surface area contributed by atoms with Gasteiger partial charge in [0.15, 0.2) is 6.21 Å². The van der Waals surface area contributed by atoms with E-state index in [1.165, 1.54) is 27.8 Å². The molecule has 0 atom stereocenters. The molecule has 19 heavy (non-hydrogen) atoms. The van der Waals surface area contributed by atoms with Gasteiger partial charge in [-0.05, 0) is 19.1 Å². The fraction of sp³-hybridized carbons (Fsp3) is 0.118. The van der Waals surface area contributed by atoms with Crippen molar-refractivity contribution >= 4 is 22.8 Å². The Morgan fingerprint density at radius 2 is 1.84 bits per heavy atom. The molecule has 2 aromatic carbocycles. The zero-order valence-electron chi connectivity index (χ0n) is 10.9. The first kappa shape index (κ1) is 10.6. The minimum Gasteiger partial charge on any atom is -0.288 e. The van der Waals surface area contributed by atoms with Gasteiger partial charge in [-0.2, -0.15) is 4.58 Å². The van der Waals surface area contributed by atoms with E-state index in [1.807, 2.05) is 0 Å². The number of benzene rings is 2. The van der Waals surface area contributed by atoms with E-state index >= 15 is 0 Å². The summed E-state index contributed by atoms with van der Waals surface area (Å²) in [5.74, 6) is 0. The van der Waals surface area contributed by atoms with E-state index in [-0.39, 0.29) is 0 Å². The Morgan fingerprint density at radius 1 is 1.00 bits per heavy atom. The van der Waals surface area contributed by atoms with Crippen molar-refractivity contribution in [2.24, 2.45) is 0 Å². The number of nitrogens with zero attached hydrogens (tertiary/aromatic N) is 2. The molecule has 0 aliphatic carbocycles. The van der Waals surface area contributed by atoms with Gasteiger partial charge in [0.25, 0.3) is 0 Å². The maximum atomic E-state index is 2.39. The van der Waals surface area contributed by atoms with Crippen molar-refractivity contribution in [2.45, 2.75) is 13.6 Å². The van der Waals surface area contributed by atoms with Gasteiger partial charge < -0.3 is 0 Å². The molecule has 92 valence electrons. The van der Waals surface area contributed by atoms with E-state index in [0.29, 0.717) is 0 Å². The molecule has 1 aromatic heterocycles. The van der Waals surface area contributed by atoms with Crippen LogP contribution in [0.15, 0.2) is 54.6 Å². The van der Waals surface area contributed by atoms with Gasteiger partial charge in [0.05, 0.1) is 11.1 Å². The summed E-state index contributed by atoms with van der Waals surface area (Å²) in [5, 5.41) is 1.33. The molecule has 0 saturated carbocycles. The van der Waals surface area contributed by atoms with Crippen molar-refractivity contribution < 1.29 is 4.58 Å². The van der Waals surface area contributed by atoms with Crippen LogP contribution in [0.25, 0.3) is 10.9 Å². The van der Waals surface area contributed by atoms with Gasteiger partial charge in [-0.1, -0.05) is 30.3 Å². The summed E-state index contributed by atoms with van der Waals surface area (Å²) < 4.78 is 4.69. The van der Waals surface area contributed by atoms with E-state index in [2.05, 4.69) is 76.9 Å². The molecule has 0 unspecified atom stereocenters. The molecule has 0 amide bonds. The molecule has 0 N–H and O–H groups in total. The zero-order chi connectivity index (χ0) is 12.8. The van der Waals surface area contributed by atoms with E-state index in [0.717, 1.165) is 6.67 Å². The first-order chi connectivity index (χ1) is 9.33. The summed E-state index contributed by atoms with van der Waals surface area (Å²) in [4.78, 5) is 0. The van der Waals surface area contributed by atoms with Crippen molar-refractivity contribution in [2.75, 3.05) is 0 Å².